The Morgan fingerprint density at radius 2 is 1.62 bits per heavy atom. The zero-order valence-corrected chi connectivity index (χ0v) is 20.4. The van der Waals surface area contributed by atoms with Crippen molar-refractivity contribution in [2.24, 2.45) is 11.3 Å². The first-order valence-electron chi connectivity index (χ1n) is 13.0. The molecular weight excluding hydrogens is 424 g/mol. The smallest absolute Gasteiger partial charge is 0.253 e. The molecule has 2 aliphatic heterocycles. The number of carbonyl (C=O) groups excluding carboxylic acids is 1. The van der Waals surface area contributed by atoms with E-state index < -0.39 is 6.10 Å². The molecular formula is C29H38N2O3. The number of aliphatic hydroxyl groups is 1. The van der Waals surface area contributed by atoms with E-state index in [1.807, 2.05) is 36.4 Å². The summed E-state index contributed by atoms with van der Waals surface area (Å²) in [5.41, 5.74) is 3.45. The maximum Gasteiger partial charge on any atom is 0.253 e. The molecule has 2 aromatic rings. The van der Waals surface area contributed by atoms with E-state index in [4.69, 9.17) is 4.74 Å². The lowest BCUT2D eigenvalue weighted by Crippen LogP contribution is -2.44. The summed E-state index contributed by atoms with van der Waals surface area (Å²) in [5.74, 6) is 1.56. The number of hydrogen-bond donors (Lipinski definition) is 1. The number of aliphatic hydroxyl groups excluding tert-OH is 1. The van der Waals surface area contributed by atoms with E-state index in [0.29, 0.717) is 36.4 Å². The van der Waals surface area contributed by atoms with Gasteiger partial charge in [0.05, 0.1) is 12.7 Å². The molecule has 0 bridgehead atoms. The van der Waals surface area contributed by atoms with E-state index in [0.717, 1.165) is 23.5 Å². The van der Waals surface area contributed by atoms with E-state index >= 15 is 0 Å². The maximum absolute atomic E-state index is 12.6. The summed E-state index contributed by atoms with van der Waals surface area (Å²) in [4.78, 5) is 17.0. The zero-order chi connectivity index (χ0) is 23.5. The fourth-order valence-electron chi connectivity index (χ4n) is 5.66. The van der Waals surface area contributed by atoms with Crippen molar-refractivity contribution in [3.63, 3.8) is 0 Å². The Kier molecular flexibility index (Phi) is 6.94. The van der Waals surface area contributed by atoms with Gasteiger partial charge in [0.15, 0.2) is 0 Å². The fraction of sp³-hybridized carbons (Fsp3) is 0.552. The van der Waals surface area contributed by atoms with Gasteiger partial charge >= 0.3 is 0 Å². The molecule has 5 heteroatoms. The second-order valence-corrected chi connectivity index (χ2v) is 11.0. The predicted molar refractivity (Wildman–Crippen MR) is 135 cm³/mol. The van der Waals surface area contributed by atoms with Crippen molar-refractivity contribution in [1.82, 2.24) is 9.80 Å². The summed E-state index contributed by atoms with van der Waals surface area (Å²) in [6, 6.07) is 16.0. The molecule has 182 valence electrons. The van der Waals surface area contributed by atoms with Crippen molar-refractivity contribution in [3.05, 3.63) is 54.1 Å². The Morgan fingerprint density at radius 1 is 0.971 bits per heavy atom. The summed E-state index contributed by atoms with van der Waals surface area (Å²) in [5, 5.41) is 9.67. The topological polar surface area (TPSA) is 53.0 Å². The number of rotatable bonds is 7. The van der Waals surface area contributed by atoms with E-state index in [9.17, 15) is 9.90 Å². The van der Waals surface area contributed by atoms with Crippen LogP contribution in [0.2, 0.25) is 0 Å². The van der Waals surface area contributed by atoms with Crippen LogP contribution in [0.1, 0.15) is 55.8 Å². The molecule has 0 unspecified atom stereocenters. The number of β-amino-alcohol motifs (C(OH)–C–C–N with tert-alkyl or cyclic N) is 1. The van der Waals surface area contributed by atoms with Crippen LogP contribution in [0.3, 0.4) is 0 Å². The molecule has 2 heterocycles. The molecule has 1 aliphatic carbocycles. The highest BCUT2D eigenvalue weighted by Crippen LogP contribution is 2.41. The monoisotopic (exact) mass is 462 g/mol. The van der Waals surface area contributed by atoms with Crippen LogP contribution >= 0.6 is 0 Å². The van der Waals surface area contributed by atoms with Crippen LogP contribution in [0.25, 0.3) is 11.1 Å². The number of benzene rings is 2. The maximum atomic E-state index is 12.6. The lowest BCUT2D eigenvalue weighted by molar-refractivity contribution is 0.0564. The minimum atomic E-state index is -0.391. The van der Waals surface area contributed by atoms with Crippen LogP contribution in [0.4, 0.5) is 0 Å². The van der Waals surface area contributed by atoms with Gasteiger partial charge in [-0.05, 0) is 91.9 Å². The summed E-state index contributed by atoms with van der Waals surface area (Å²) in [6.07, 6.45) is 6.95. The Labute approximate surface area is 203 Å². The molecule has 2 aromatic carbocycles. The number of hydrogen-bond acceptors (Lipinski definition) is 4. The molecule has 1 amide bonds. The van der Waals surface area contributed by atoms with Gasteiger partial charge in [-0.15, -0.1) is 0 Å². The number of amides is 1. The lowest BCUT2D eigenvalue weighted by Gasteiger charge is -2.44. The second-order valence-electron chi connectivity index (χ2n) is 11.0. The van der Waals surface area contributed by atoms with Gasteiger partial charge in [-0.3, -0.25) is 4.79 Å². The van der Waals surface area contributed by atoms with Crippen molar-refractivity contribution in [2.45, 2.75) is 51.6 Å². The molecule has 0 spiro atoms. The minimum Gasteiger partial charge on any atom is -0.493 e. The number of carbonyl (C=O) groups is 1. The molecule has 1 atom stereocenters. The van der Waals surface area contributed by atoms with Crippen molar-refractivity contribution in [2.75, 3.05) is 39.3 Å². The first-order valence-corrected chi connectivity index (χ1v) is 13.0. The van der Waals surface area contributed by atoms with Crippen LogP contribution in [-0.2, 0) is 0 Å². The molecule has 0 radical (unpaired) electrons. The number of ether oxygens (including phenoxy) is 1. The Bertz CT molecular complexity index is 960. The third-order valence-electron chi connectivity index (χ3n) is 8.13. The van der Waals surface area contributed by atoms with Crippen molar-refractivity contribution in [1.29, 1.82) is 0 Å². The van der Waals surface area contributed by atoms with Gasteiger partial charge in [-0.2, -0.15) is 0 Å². The lowest BCUT2D eigenvalue weighted by atomic mass is 9.70. The zero-order valence-electron chi connectivity index (χ0n) is 20.4. The SMILES string of the molecule is CC1(CN2CCC(COc3ccc(-c4ccc(C(=O)N5CC[C@@H](O)C5)cc4)cc3)CC2)CCC1. The summed E-state index contributed by atoms with van der Waals surface area (Å²) in [7, 11) is 0. The molecule has 3 fully saturated rings. The summed E-state index contributed by atoms with van der Waals surface area (Å²) < 4.78 is 6.13. The highest BCUT2D eigenvalue weighted by molar-refractivity contribution is 5.95. The predicted octanol–water partition coefficient (Wildman–Crippen LogP) is 4.84. The van der Waals surface area contributed by atoms with E-state index in [-0.39, 0.29) is 5.91 Å². The first kappa shape index (κ1) is 23.4. The van der Waals surface area contributed by atoms with Crippen molar-refractivity contribution < 1.29 is 14.6 Å². The van der Waals surface area contributed by atoms with Gasteiger partial charge in [0, 0.05) is 25.2 Å². The summed E-state index contributed by atoms with van der Waals surface area (Å²) in [6.45, 7) is 8.00. The molecule has 3 aliphatic rings. The van der Waals surface area contributed by atoms with Gasteiger partial charge in [0.25, 0.3) is 5.91 Å². The third kappa shape index (κ3) is 5.47. The molecule has 1 saturated carbocycles. The van der Waals surface area contributed by atoms with Gasteiger partial charge in [0.2, 0.25) is 0 Å². The average Bonchev–Trinajstić information content (AvgIpc) is 3.29. The Morgan fingerprint density at radius 3 is 2.18 bits per heavy atom. The minimum absolute atomic E-state index is 0.00470. The largest absolute Gasteiger partial charge is 0.493 e. The van der Waals surface area contributed by atoms with Gasteiger partial charge in [-0.1, -0.05) is 37.6 Å². The fourth-order valence-corrected chi connectivity index (χ4v) is 5.66. The average molecular weight is 463 g/mol. The van der Waals surface area contributed by atoms with Crippen LogP contribution in [0.15, 0.2) is 48.5 Å². The number of nitrogens with zero attached hydrogens (tertiary/aromatic N) is 2. The van der Waals surface area contributed by atoms with E-state index in [1.165, 1.54) is 51.7 Å². The van der Waals surface area contributed by atoms with Gasteiger partial charge in [-0.25, -0.2) is 0 Å². The number of likely N-dealkylation sites (tertiary alicyclic amines) is 2. The van der Waals surface area contributed by atoms with Crippen molar-refractivity contribution in [3.8, 4) is 16.9 Å². The highest BCUT2D eigenvalue weighted by atomic mass is 16.5. The molecule has 5 nitrogen and oxygen atoms in total. The number of piperidine rings is 1. The Hall–Kier alpha value is -2.37. The van der Waals surface area contributed by atoms with Crippen molar-refractivity contribution >= 4 is 5.91 Å². The molecule has 0 aromatic heterocycles. The van der Waals surface area contributed by atoms with Crippen LogP contribution in [0.5, 0.6) is 5.75 Å². The van der Waals surface area contributed by atoms with E-state index in [1.54, 1.807) is 4.90 Å². The Balaban J connectivity index is 1.09. The van der Waals surface area contributed by atoms with E-state index in [2.05, 4.69) is 24.0 Å². The van der Waals surface area contributed by atoms with Crippen LogP contribution in [-0.4, -0.2) is 66.2 Å². The molecule has 1 N–H and O–H groups in total. The first-order chi connectivity index (χ1) is 16.5. The normalized spacial score (nSPS) is 23.0. The van der Waals surface area contributed by atoms with Gasteiger partial charge < -0.3 is 19.6 Å². The summed E-state index contributed by atoms with van der Waals surface area (Å²) >= 11 is 0. The standard InChI is InChI=1S/C29H38N2O3/c1-29(14-2-15-29)21-30-16-11-22(12-17-30)20-34-27-9-7-24(8-10-27)23-3-5-25(6-4-23)28(33)31-18-13-26(32)19-31/h3-10,22,26,32H,2,11-21H2,1H3/t26-/m1/s1. The van der Waals surface area contributed by atoms with Gasteiger partial charge in [0.1, 0.15) is 5.75 Å². The molecule has 5 rings (SSSR count). The molecule has 34 heavy (non-hydrogen) atoms. The quantitative estimate of drug-likeness (QED) is 0.640. The second kappa shape index (κ2) is 10.1. The molecule has 2 saturated heterocycles. The van der Waals surface area contributed by atoms with Crippen LogP contribution in [0, 0.1) is 11.3 Å². The van der Waals surface area contributed by atoms with Crippen LogP contribution < -0.4 is 4.74 Å². The third-order valence-corrected chi connectivity index (χ3v) is 8.13. The highest BCUT2D eigenvalue weighted by Gasteiger charge is 2.34.